The molecule has 0 aliphatic heterocycles. The number of rotatable bonds is 7. The van der Waals surface area contributed by atoms with Crippen LogP contribution >= 0.6 is 0 Å². The van der Waals surface area contributed by atoms with Gasteiger partial charge in [0, 0.05) is 31.7 Å². The molecule has 1 rings (SSSR count). The van der Waals surface area contributed by atoms with Crippen molar-refractivity contribution in [1.29, 1.82) is 0 Å². The van der Waals surface area contributed by atoms with Gasteiger partial charge < -0.3 is 20.6 Å². The maximum atomic E-state index is 11.8. The highest BCUT2D eigenvalue weighted by molar-refractivity contribution is 5.73. The second kappa shape index (κ2) is 8.00. The molecule has 0 fully saturated rings. The molecule has 1 aromatic carbocycles. The third kappa shape index (κ3) is 6.14. The van der Waals surface area contributed by atoms with Crippen molar-refractivity contribution in [3.05, 3.63) is 35.9 Å². The van der Waals surface area contributed by atoms with Crippen molar-refractivity contribution < 1.29 is 9.90 Å². The summed E-state index contributed by atoms with van der Waals surface area (Å²) < 4.78 is 0. The molecule has 3 N–H and O–H groups in total. The van der Waals surface area contributed by atoms with E-state index in [1.165, 1.54) is 10.5 Å². The van der Waals surface area contributed by atoms with Crippen LogP contribution in [0.25, 0.3) is 0 Å². The Balaban J connectivity index is 2.48. The van der Waals surface area contributed by atoms with Gasteiger partial charge in [-0.15, -0.1) is 0 Å². The SMILES string of the molecule is CC(NC(C)(C)CNC(=O)N(C)CCO)c1ccccc1. The van der Waals surface area contributed by atoms with Crippen LogP contribution in [0.2, 0.25) is 0 Å². The van der Waals surface area contributed by atoms with Gasteiger partial charge in [-0.3, -0.25) is 0 Å². The first-order valence-electron chi connectivity index (χ1n) is 7.28. The summed E-state index contributed by atoms with van der Waals surface area (Å²) in [4.78, 5) is 13.3. The Morgan fingerprint density at radius 3 is 2.52 bits per heavy atom. The zero-order valence-electron chi connectivity index (χ0n) is 13.4. The van der Waals surface area contributed by atoms with E-state index in [4.69, 9.17) is 5.11 Å². The molecule has 1 aromatic rings. The van der Waals surface area contributed by atoms with Gasteiger partial charge in [-0.1, -0.05) is 30.3 Å². The van der Waals surface area contributed by atoms with E-state index in [2.05, 4.69) is 43.5 Å². The number of hydrogen-bond acceptors (Lipinski definition) is 3. The number of nitrogens with one attached hydrogen (secondary N) is 2. The van der Waals surface area contributed by atoms with E-state index in [9.17, 15) is 4.79 Å². The molecule has 0 aromatic heterocycles. The van der Waals surface area contributed by atoms with Crippen LogP contribution in [0.1, 0.15) is 32.4 Å². The summed E-state index contributed by atoms with van der Waals surface area (Å²) in [5, 5.41) is 15.2. The predicted octanol–water partition coefficient (Wildman–Crippen LogP) is 1.75. The number of amides is 2. The highest BCUT2D eigenvalue weighted by Gasteiger charge is 2.22. The monoisotopic (exact) mass is 293 g/mol. The van der Waals surface area contributed by atoms with E-state index in [0.717, 1.165) is 0 Å². The summed E-state index contributed by atoms with van der Waals surface area (Å²) in [5.74, 6) is 0. The van der Waals surface area contributed by atoms with Crippen molar-refractivity contribution in [3.63, 3.8) is 0 Å². The predicted molar refractivity (Wildman–Crippen MR) is 85.2 cm³/mol. The third-order valence-electron chi connectivity index (χ3n) is 3.37. The quantitative estimate of drug-likeness (QED) is 0.717. The first-order chi connectivity index (χ1) is 9.85. The number of aliphatic hydroxyl groups excluding tert-OH is 1. The molecule has 2 amide bonds. The lowest BCUT2D eigenvalue weighted by molar-refractivity contribution is 0.186. The van der Waals surface area contributed by atoms with Crippen molar-refractivity contribution in [2.45, 2.75) is 32.4 Å². The van der Waals surface area contributed by atoms with Crippen molar-refractivity contribution in [1.82, 2.24) is 15.5 Å². The topological polar surface area (TPSA) is 64.6 Å². The number of hydrogen-bond donors (Lipinski definition) is 3. The zero-order valence-corrected chi connectivity index (χ0v) is 13.4. The van der Waals surface area contributed by atoms with Crippen LogP contribution in [-0.4, -0.2) is 48.3 Å². The van der Waals surface area contributed by atoms with E-state index >= 15 is 0 Å². The second-order valence-electron chi connectivity index (χ2n) is 5.96. The Morgan fingerprint density at radius 2 is 1.95 bits per heavy atom. The third-order valence-corrected chi connectivity index (χ3v) is 3.37. The van der Waals surface area contributed by atoms with Gasteiger partial charge in [0.2, 0.25) is 0 Å². The molecule has 118 valence electrons. The second-order valence-corrected chi connectivity index (χ2v) is 5.96. The minimum absolute atomic E-state index is 0.0311. The van der Waals surface area contributed by atoms with Crippen molar-refractivity contribution in [2.75, 3.05) is 26.7 Å². The van der Waals surface area contributed by atoms with Gasteiger partial charge in [0.05, 0.1) is 6.61 Å². The molecule has 0 saturated carbocycles. The molecule has 0 spiro atoms. The number of likely N-dealkylation sites (N-methyl/N-ethyl adjacent to an activating group) is 1. The molecule has 21 heavy (non-hydrogen) atoms. The molecule has 0 heterocycles. The standard InChI is InChI=1S/C16H27N3O2/c1-13(14-8-6-5-7-9-14)18-16(2,3)12-17-15(21)19(4)10-11-20/h5-9,13,18,20H,10-12H2,1-4H3,(H,17,21). The average Bonchev–Trinajstić information content (AvgIpc) is 2.45. The average molecular weight is 293 g/mol. The lowest BCUT2D eigenvalue weighted by Crippen LogP contribution is -2.52. The largest absolute Gasteiger partial charge is 0.395 e. The summed E-state index contributed by atoms with van der Waals surface area (Å²) in [7, 11) is 1.67. The van der Waals surface area contributed by atoms with Gasteiger partial charge in [0.15, 0.2) is 0 Å². The van der Waals surface area contributed by atoms with Crippen molar-refractivity contribution in [3.8, 4) is 0 Å². The number of urea groups is 1. The molecule has 0 aliphatic carbocycles. The Hall–Kier alpha value is -1.59. The zero-order chi connectivity index (χ0) is 15.9. The summed E-state index contributed by atoms with van der Waals surface area (Å²) in [6.07, 6.45) is 0. The molecule has 0 saturated heterocycles. The molecule has 0 radical (unpaired) electrons. The van der Waals surface area contributed by atoms with Crippen LogP contribution in [0.15, 0.2) is 30.3 Å². The van der Waals surface area contributed by atoms with Gasteiger partial charge in [0.25, 0.3) is 0 Å². The van der Waals surface area contributed by atoms with Crippen LogP contribution in [0.4, 0.5) is 4.79 Å². The Labute approximate surface area is 127 Å². The molecule has 0 aliphatic rings. The smallest absolute Gasteiger partial charge is 0.317 e. The van der Waals surface area contributed by atoms with Crippen LogP contribution < -0.4 is 10.6 Å². The molecule has 5 nitrogen and oxygen atoms in total. The Bertz CT molecular complexity index is 434. The van der Waals surface area contributed by atoms with Gasteiger partial charge in [-0.2, -0.15) is 0 Å². The highest BCUT2D eigenvalue weighted by atomic mass is 16.3. The van der Waals surface area contributed by atoms with Gasteiger partial charge in [0.1, 0.15) is 0 Å². The molecule has 5 heteroatoms. The Morgan fingerprint density at radius 1 is 1.33 bits per heavy atom. The lowest BCUT2D eigenvalue weighted by atomic mass is 10.0. The highest BCUT2D eigenvalue weighted by Crippen LogP contribution is 2.15. The van der Waals surface area contributed by atoms with Crippen molar-refractivity contribution in [2.24, 2.45) is 0 Å². The fraction of sp³-hybridized carbons (Fsp3) is 0.562. The van der Waals surface area contributed by atoms with Crippen LogP contribution in [0, 0.1) is 0 Å². The van der Waals surface area contributed by atoms with E-state index < -0.39 is 0 Å². The molecular formula is C16H27N3O2. The fourth-order valence-corrected chi connectivity index (χ4v) is 2.15. The molecule has 1 unspecified atom stereocenters. The summed E-state index contributed by atoms with van der Waals surface area (Å²) >= 11 is 0. The first kappa shape index (κ1) is 17.5. The van der Waals surface area contributed by atoms with Crippen LogP contribution in [-0.2, 0) is 0 Å². The Kier molecular flexibility index (Phi) is 6.65. The molecule has 0 bridgehead atoms. The number of benzene rings is 1. The number of carbonyl (C=O) groups is 1. The maximum absolute atomic E-state index is 11.8. The summed E-state index contributed by atoms with van der Waals surface area (Å²) in [6, 6.07) is 10.2. The van der Waals surface area contributed by atoms with Gasteiger partial charge >= 0.3 is 6.03 Å². The van der Waals surface area contributed by atoms with Crippen LogP contribution in [0.3, 0.4) is 0 Å². The normalized spacial score (nSPS) is 12.8. The van der Waals surface area contributed by atoms with Gasteiger partial charge in [-0.25, -0.2) is 4.79 Å². The number of carbonyl (C=O) groups excluding carboxylic acids is 1. The summed E-state index contributed by atoms with van der Waals surface area (Å²) in [5.41, 5.74) is 0.986. The first-order valence-corrected chi connectivity index (χ1v) is 7.28. The van der Waals surface area contributed by atoms with E-state index in [1.807, 2.05) is 18.2 Å². The van der Waals surface area contributed by atoms with Gasteiger partial charge in [-0.05, 0) is 26.3 Å². The van der Waals surface area contributed by atoms with Crippen molar-refractivity contribution >= 4 is 6.03 Å². The fourth-order valence-electron chi connectivity index (χ4n) is 2.15. The minimum atomic E-state index is -0.231. The molecule has 1 atom stereocenters. The van der Waals surface area contributed by atoms with E-state index in [-0.39, 0.29) is 24.2 Å². The molecular weight excluding hydrogens is 266 g/mol. The van der Waals surface area contributed by atoms with E-state index in [1.54, 1.807) is 7.05 Å². The van der Waals surface area contributed by atoms with E-state index in [0.29, 0.717) is 13.1 Å². The van der Waals surface area contributed by atoms with Crippen LogP contribution in [0.5, 0.6) is 0 Å². The number of nitrogens with zero attached hydrogens (tertiary/aromatic N) is 1. The number of aliphatic hydroxyl groups is 1. The lowest BCUT2D eigenvalue weighted by Gasteiger charge is -2.31. The summed E-state index contributed by atoms with van der Waals surface area (Å²) in [6.45, 7) is 7.03. The maximum Gasteiger partial charge on any atom is 0.317 e. The minimum Gasteiger partial charge on any atom is -0.395 e.